The molecule has 1 aromatic rings. The highest BCUT2D eigenvalue weighted by Gasteiger charge is 2.40. The minimum Gasteiger partial charge on any atom is -0.338 e. The van der Waals surface area contributed by atoms with E-state index in [9.17, 15) is 9.59 Å². The van der Waals surface area contributed by atoms with Crippen LogP contribution in [-0.4, -0.2) is 59.9 Å². The highest BCUT2D eigenvalue weighted by atomic mass is 16.2. The first-order valence-electron chi connectivity index (χ1n) is 10.0. The Balaban J connectivity index is 1.31. The Labute approximate surface area is 155 Å². The van der Waals surface area contributed by atoms with E-state index < -0.39 is 0 Å². The van der Waals surface area contributed by atoms with Crippen LogP contribution in [0.3, 0.4) is 0 Å². The van der Waals surface area contributed by atoms with Crippen molar-refractivity contribution in [2.75, 3.05) is 26.2 Å². The fourth-order valence-corrected chi connectivity index (χ4v) is 4.74. The average molecular weight is 355 g/mol. The first kappa shape index (κ1) is 17.5. The number of hydrogen-bond acceptors (Lipinski definition) is 3. The summed E-state index contributed by atoms with van der Waals surface area (Å²) in [6, 6.07) is 8.25. The molecule has 1 aromatic carbocycles. The molecule has 1 N–H and O–H groups in total. The molecule has 3 aliphatic rings. The SMILES string of the molecule is Cc1ccc(C(=O)N2CCN(C(=O)C3CC4CCCCC4N3)CC2)cc1. The highest BCUT2D eigenvalue weighted by molar-refractivity contribution is 5.94. The van der Waals surface area contributed by atoms with Gasteiger partial charge in [-0.2, -0.15) is 0 Å². The monoisotopic (exact) mass is 355 g/mol. The first-order chi connectivity index (χ1) is 12.6. The van der Waals surface area contributed by atoms with Gasteiger partial charge in [0.25, 0.3) is 5.91 Å². The van der Waals surface area contributed by atoms with E-state index in [2.05, 4.69) is 5.32 Å². The normalized spacial score (nSPS) is 28.7. The lowest BCUT2D eigenvalue weighted by Gasteiger charge is -2.36. The summed E-state index contributed by atoms with van der Waals surface area (Å²) in [4.78, 5) is 29.3. The molecule has 5 nitrogen and oxygen atoms in total. The number of carbonyl (C=O) groups is 2. The topological polar surface area (TPSA) is 52.7 Å². The number of fused-ring (bicyclic) bond motifs is 1. The second kappa shape index (κ2) is 7.39. The second-order valence-electron chi connectivity index (χ2n) is 8.09. The maximum Gasteiger partial charge on any atom is 0.253 e. The largest absolute Gasteiger partial charge is 0.338 e. The van der Waals surface area contributed by atoms with Crippen molar-refractivity contribution in [1.29, 1.82) is 0 Å². The predicted molar refractivity (Wildman–Crippen MR) is 101 cm³/mol. The van der Waals surface area contributed by atoms with Crippen LogP contribution in [-0.2, 0) is 4.79 Å². The molecule has 2 heterocycles. The minimum atomic E-state index is -0.0116. The summed E-state index contributed by atoms with van der Waals surface area (Å²) in [6.45, 7) is 4.55. The number of benzene rings is 1. The second-order valence-corrected chi connectivity index (χ2v) is 8.09. The fraction of sp³-hybridized carbons (Fsp3) is 0.619. The molecule has 2 aliphatic heterocycles. The number of amides is 2. The van der Waals surface area contributed by atoms with E-state index in [1.807, 2.05) is 41.0 Å². The molecule has 3 fully saturated rings. The predicted octanol–water partition coefficient (Wildman–Crippen LogP) is 2.20. The number of carbonyl (C=O) groups excluding carboxylic acids is 2. The molecule has 0 aromatic heterocycles. The molecule has 1 aliphatic carbocycles. The van der Waals surface area contributed by atoms with E-state index in [1.165, 1.54) is 25.7 Å². The van der Waals surface area contributed by atoms with E-state index >= 15 is 0 Å². The Hall–Kier alpha value is -1.88. The summed E-state index contributed by atoms with van der Waals surface area (Å²) in [5.41, 5.74) is 1.89. The summed E-state index contributed by atoms with van der Waals surface area (Å²) in [5, 5.41) is 3.58. The van der Waals surface area contributed by atoms with Gasteiger partial charge in [0.15, 0.2) is 0 Å². The van der Waals surface area contributed by atoms with E-state index in [-0.39, 0.29) is 17.9 Å². The zero-order valence-electron chi connectivity index (χ0n) is 15.6. The van der Waals surface area contributed by atoms with E-state index in [0.29, 0.717) is 38.1 Å². The van der Waals surface area contributed by atoms with Gasteiger partial charge in [-0.25, -0.2) is 0 Å². The maximum atomic E-state index is 12.9. The molecular weight excluding hydrogens is 326 g/mol. The highest BCUT2D eigenvalue weighted by Crippen LogP contribution is 2.33. The van der Waals surface area contributed by atoms with E-state index in [1.54, 1.807) is 0 Å². The molecule has 2 saturated heterocycles. The zero-order chi connectivity index (χ0) is 18.1. The van der Waals surface area contributed by atoms with Crippen LogP contribution in [0.1, 0.15) is 48.0 Å². The van der Waals surface area contributed by atoms with Gasteiger partial charge in [-0.3, -0.25) is 9.59 Å². The van der Waals surface area contributed by atoms with Gasteiger partial charge in [0.1, 0.15) is 0 Å². The standard InChI is InChI=1S/C21H29N3O2/c1-15-6-8-16(9-7-15)20(25)23-10-12-24(13-11-23)21(26)19-14-17-4-2-3-5-18(17)22-19/h6-9,17-19,22H,2-5,10-14H2,1H3. The van der Waals surface area contributed by atoms with Crippen molar-refractivity contribution < 1.29 is 9.59 Å². The number of aryl methyl sites for hydroxylation is 1. The van der Waals surface area contributed by atoms with E-state index in [4.69, 9.17) is 0 Å². The van der Waals surface area contributed by atoms with Gasteiger partial charge in [-0.05, 0) is 44.2 Å². The van der Waals surface area contributed by atoms with Crippen molar-refractivity contribution in [3.8, 4) is 0 Å². The molecule has 3 atom stereocenters. The smallest absolute Gasteiger partial charge is 0.253 e. The number of nitrogens with one attached hydrogen (secondary N) is 1. The minimum absolute atomic E-state index is 0.0116. The molecule has 2 amide bonds. The number of piperazine rings is 1. The Morgan fingerprint density at radius 3 is 2.31 bits per heavy atom. The summed E-state index contributed by atoms with van der Waals surface area (Å²) in [5.74, 6) is 0.992. The molecule has 26 heavy (non-hydrogen) atoms. The number of nitrogens with zero attached hydrogens (tertiary/aromatic N) is 2. The summed E-state index contributed by atoms with van der Waals surface area (Å²) in [6.07, 6.45) is 6.07. The van der Waals surface area contributed by atoms with Crippen LogP contribution < -0.4 is 5.32 Å². The molecule has 0 spiro atoms. The molecule has 0 bridgehead atoms. The Bertz CT molecular complexity index is 650. The molecule has 5 heteroatoms. The molecule has 0 radical (unpaired) electrons. The van der Waals surface area contributed by atoms with Crippen molar-refractivity contribution in [2.24, 2.45) is 5.92 Å². The number of hydrogen-bond donors (Lipinski definition) is 1. The van der Waals surface area contributed by atoms with Gasteiger partial charge < -0.3 is 15.1 Å². The quantitative estimate of drug-likeness (QED) is 0.885. The lowest BCUT2D eigenvalue weighted by molar-refractivity contribution is -0.134. The van der Waals surface area contributed by atoms with Crippen molar-refractivity contribution in [1.82, 2.24) is 15.1 Å². The first-order valence-corrected chi connectivity index (χ1v) is 10.0. The van der Waals surface area contributed by atoms with Crippen molar-refractivity contribution in [3.63, 3.8) is 0 Å². The summed E-state index contributed by atoms with van der Waals surface area (Å²) < 4.78 is 0. The van der Waals surface area contributed by atoms with Crippen molar-refractivity contribution >= 4 is 11.8 Å². The fourth-order valence-electron chi connectivity index (χ4n) is 4.74. The third-order valence-electron chi connectivity index (χ3n) is 6.34. The lowest BCUT2D eigenvalue weighted by atomic mass is 9.85. The Morgan fingerprint density at radius 1 is 0.962 bits per heavy atom. The number of rotatable bonds is 2. The lowest BCUT2D eigenvalue weighted by Crippen LogP contribution is -2.54. The summed E-state index contributed by atoms with van der Waals surface area (Å²) >= 11 is 0. The Kier molecular flexibility index (Phi) is 4.98. The van der Waals surface area contributed by atoms with Crippen LogP contribution in [0.5, 0.6) is 0 Å². The molecule has 140 valence electrons. The molecule has 1 saturated carbocycles. The maximum absolute atomic E-state index is 12.9. The van der Waals surface area contributed by atoms with Gasteiger partial charge in [0, 0.05) is 37.8 Å². The van der Waals surface area contributed by atoms with E-state index in [0.717, 1.165) is 17.5 Å². The summed E-state index contributed by atoms with van der Waals surface area (Å²) in [7, 11) is 0. The van der Waals surface area contributed by atoms with Crippen LogP contribution in [0.15, 0.2) is 24.3 Å². The van der Waals surface area contributed by atoms with Crippen molar-refractivity contribution in [3.05, 3.63) is 35.4 Å². The van der Waals surface area contributed by atoms with Gasteiger partial charge in [0.05, 0.1) is 6.04 Å². The molecular formula is C21H29N3O2. The third kappa shape index (κ3) is 3.50. The van der Waals surface area contributed by atoms with Gasteiger partial charge in [0.2, 0.25) is 5.91 Å². The van der Waals surface area contributed by atoms with Crippen LogP contribution in [0, 0.1) is 12.8 Å². The van der Waals surface area contributed by atoms with Gasteiger partial charge in [-0.1, -0.05) is 30.5 Å². The Morgan fingerprint density at radius 2 is 1.62 bits per heavy atom. The van der Waals surface area contributed by atoms with Crippen molar-refractivity contribution in [2.45, 2.75) is 51.1 Å². The third-order valence-corrected chi connectivity index (χ3v) is 6.34. The van der Waals surface area contributed by atoms with Crippen LogP contribution in [0.4, 0.5) is 0 Å². The van der Waals surface area contributed by atoms with Crippen LogP contribution in [0.25, 0.3) is 0 Å². The average Bonchev–Trinajstić information content (AvgIpc) is 3.12. The zero-order valence-corrected chi connectivity index (χ0v) is 15.6. The molecule has 4 rings (SSSR count). The van der Waals surface area contributed by atoms with Crippen LogP contribution in [0.2, 0.25) is 0 Å². The van der Waals surface area contributed by atoms with Gasteiger partial charge in [-0.15, -0.1) is 0 Å². The molecule has 3 unspecified atom stereocenters. The van der Waals surface area contributed by atoms with Crippen LogP contribution >= 0.6 is 0 Å². The van der Waals surface area contributed by atoms with Gasteiger partial charge >= 0.3 is 0 Å².